The van der Waals surface area contributed by atoms with Gasteiger partial charge in [-0.3, -0.25) is 27.2 Å². The minimum atomic E-state index is -4.44. The van der Waals surface area contributed by atoms with E-state index in [-0.39, 0.29) is 34.0 Å². The van der Waals surface area contributed by atoms with E-state index in [1.165, 1.54) is 21.8 Å². The molecule has 0 spiro atoms. The molecule has 18 nitrogen and oxygen atoms in total. The number of aromatic nitrogens is 8. The van der Waals surface area contributed by atoms with Gasteiger partial charge in [-0.05, 0) is 0 Å². The van der Waals surface area contributed by atoms with E-state index in [4.69, 9.17) is 39.0 Å². The predicted octanol–water partition coefficient (Wildman–Crippen LogP) is 2.19. The van der Waals surface area contributed by atoms with Crippen molar-refractivity contribution in [1.82, 2.24) is 39.0 Å². The van der Waals surface area contributed by atoms with Crippen LogP contribution in [0.1, 0.15) is 12.5 Å². The van der Waals surface area contributed by atoms with Crippen LogP contribution in [0.2, 0.25) is 0 Å². The second kappa shape index (κ2) is 11.1. The molecule has 3 aliphatic rings. The summed E-state index contributed by atoms with van der Waals surface area (Å²) in [5.41, 5.74) is 12.4. The third-order valence-electron chi connectivity index (χ3n) is 7.16. The van der Waals surface area contributed by atoms with E-state index in [2.05, 4.69) is 54.4 Å². The number of hydrogen-bond acceptors (Lipinski definition) is 16. The molecule has 7 heterocycles. The number of alkyl halides is 2. The molecule has 44 heavy (non-hydrogen) atoms. The van der Waals surface area contributed by atoms with Crippen LogP contribution in [0.15, 0.2) is 25.3 Å². The number of nitrogens with two attached hydrogens (primary N) is 2. The molecule has 0 radical (unpaired) electrons. The van der Waals surface area contributed by atoms with Crippen LogP contribution < -0.4 is 11.5 Å². The van der Waals surface area contributed by atoms with Crippen molar-refractivity contribution in [2.75, 3.05) is 24.7 Å². The molecule has 0 aliphatic carbocycles. The van der Waals surface area contributed by atoms with Crippen LogP contribution in [-0.2, 0) is 36.7 Å². The number of halogens is 2. The number of hydrogen-bond donors (Lipinski definition) is 4. The smallest absolute Gasteiger partial charge is 0.382 e. The van der Waals surface area contributed by atoms with Gasteiger partial charge < -0.3 is 20.9 Å². The highest BCUT2D eigenvalue weighted by Gasteiger charge is 2.54. The van der Waals surface area contributed by atoms with Crippen molar-refractivity contribution in [3.8, 4) is 0 Å². The SMILES string of the molecule is Nc1ncnc2c1ncn2[C@@H]1O[C@@H]2CO[P@@](=O)(S)O[C@@H]3[C@H](F)[C@@H](CO[P@@](=O)(S)O[C@@H]1[C@@H]2F)O[C@@H]3n1cnc2c(N)ncnc21. The quantitative estimate of drug-likeness (QED) is 0.174. The molecule has 4 bridgehead atoms. The van der Waals surface area contributed by atoms with Crippen molar-refractivity contribution in [3.05, 3.63) is 25.3 Å². The first-order valence-corrected chi connectivity index (χ1v) is 18.1. The summed E-state index contributed by atoms with van der Waals surface area (Å²) in [4.78, 5) is 24.2. The minimum Gasteiger partial charge on any atom is -0.382 e. The van der Waals surface area contributed by atoms with Crippen molar-refractivity contribution in [1.29, 1.82) is 0 Å². The maximum atomic E-state index is 15.9. The van der Waals surface area contributed by atoms with Crippen molar-refractivity contribution in [2.24, 2.45) is 0 Å². The molecule has 10 atom stereocenters. The van der Waals surface area contributed by atoms with E-state index < -0.39 is 76.0 Å². The fraction of sp³-hybridized carbons (Fsp3) is 0.500. The van der Waals surface area contributed by atoms with Gasteiger partial charge >= 0.3 is 13.6 Å². The lowest BCUT2D eigenvalue weighted by Crippen LogP contribution is -2.34. The molecule has 0 aromatic carbocycles. The molecule has 3 saturated heterocycles. The molecule has 4 aromatic heterocycles. The van der Waals surface area contributed by atoms with Crippen LogP contribution in [0.25, 0.3) is 22.3 Å². The van der Waals surface area contributed by atoms with E-state index >= 15 is 8.78 Å². The van der Waals surface area contributed by atoms with Gasteiger partial charge in [0.25, 0.3) is 0 Å². The van der Waals surface area contributed by atoms with Crippen LogP contribution in [-0.4, -0.2) is 89.0 Å². The molecule has 0 unspecified atom stereocenters. The molecule has 3 fully saturated rings. The number of rotatable bonds is 2. The summed E-state index contributed by atoms with van der Waals surface area (Å²) in [7, 11) is 0. The first-order chi connectivity index (χ1) is 20.9. The van der Waals surface area contributed by atoms with E-state index in [0.29, 0.717) is 0 Å². The lowest BCUT2D eigenvalue weighted by atomic mass is 10.1. The molecule has 3 aliphatic heterocycles. The number of anilines is 2. The Labute approximate surface area is 255 Å². The zero-order valence-corrected chi connectivity index (χ0v) is 25.5. The average Bonchev–Trinajstić information content (AvgIpc) is 3.73. The summed E-state index contributed by atoms with van der Waals surface area (Å²) >= 11 is 7.99. The molecule has 4 N–H and O–H groups in total. The molecule has 24 heteroatoms. The summed E-state index contributed by atoms with van der Waals surface area (Å²) in [6.07, 6.45) is -8.27. The van der Waals surface area contributed by atoms with E-state index in [1.54, 1.807) is 0 Å². The Morgan fingerprint density at radius 1 is 0.727 bits per heavy atom. The first-order valence-electron chi connectivity index (χ1n) is 12.7. The van der Waals surface area contributed by atoms with Gasteiger partial charge in [-0.15, -0.1) is 0 Å². The van der Waals surface area contributed by atoms with Crippen molar-refractivity contribution in [2.45, 2.75) is 49.2 Å². The first kappa shape index (κ1) is 30.2. The maximum absolute atomic E-state index is 15.9. The van der Waals surface area contributed by atoms with E-state index in [1.807, 2.05) is 0 Å². The Morgan fingerprint density at radius 3 is 1.55 bits per heavy atom. The third kappa shape index (κ3) is 5.25. The zero-order chi connectivity index (χ0) is 31.0. The third-order valence-corrected chi connectivity index (χ3v) is 10.4. The van der Waals surface area contributed by atoms with E-state index in [0.717, 1.165) is 12.7 Å². The van der Waals surface area contributed by atoms with Crippen LogP contribution in [0, 0.1) is 0 Å². The van der Waals surface area contributed by atoms with Gasteiger partial charge in [0.15, 0.2) is 47.7 Å². The summed E-state index contributed by atoms with van der Waals surface area (Å²) in [5.74, 6) is 0.0915. The molecule has 4 aromatic rings. The monoisotopic (exact) mass is 694 g/mol. The van der Waals surface area contributed by atoms with Gasteiger partial charge in [-0.25, -0.2) is 47.8 Å². The van der Waals surface area contributed by atoms with Gasteiger partial charge in [-0.2, -0.15) is 0 Å². The second-order valence-corrected chi connectivity index (χ2v) is 15.6. The number of fused-ring (bicyclic) bond motifs is 6. The maximum Gasteiger partial charge on any atom is 0.386 e. The summed E-state index contributed by atoms with van der Waals surface area (Å²) < 4.78 is 94.6. The molecule has 0 amide bonds. The normalized spacial score (nSPS) is 38.3. The van der Waals surface area contributed by atoms with Gasteiger partial charge in [0.05, 0.1) is 25.9 Å². The topological polar surface area (TPSA) is 229 Å². The van der Waals surface area contributed by atoms with Crippen LogP contribution in [0.3, 0.4) is 0 Å². The largest absolute Gasteiger partial charge is 0.386 e. The van der Waals surface area contributed by atoms with Crippen LogP contribution >= 0.6 is 38.1 Å². The van der Waals surface area contributed by atoms with Crippen LogP contribution in [0.4, 0.5) is 20.4 Å². The Balaban J connectivity index is 1.22. The Kier molecular flexibility index (Phi) is 7.59. The number of ether oxygens (including phenoxy) is 2. The summed E-state index contributed by atoms with van der Waals surface area (Å²) in [5, 5.41) is 0. The fourth-order valence-electron chi connectivity index (χ4n) is 5.15. The molecule has 7 rings (SSSR count). The lowest BCUT2D eigenvalue weighted by Gasteiger charge is -2.25. The average molecular weight is 695 g/mol. The summed E-state index contributed by atoms with van der Waals surface area (Å²) in [6.45, 7) is -10.3. The number of imidazole rings is 2. The van der Waals surface area contributed by atoms with Crippen molar-refractivity contribution < 1.29 is 45.5 Å². The predicted molar refractivity (Wildman–Crippen MR) is 152 cm³/mol. The lowest BCUT2D eigenvalue weighted by molar-refractivity contribution is -0.0575. The number of nitrogen functional groups attached to an aromatic ring is 2. The van der Waals surface area contributed by atoms with Gasteiger partial charge in [0.2, 0.25) is 0 Å². The van der Waals surface area contributed by atoms with Gasteiger partial charge in [0, 0.05) is 0 Å². The molecule has 236 valence electrons. The number of thiol groups is 2. The fourth-order valence-corrected chi connectivity index (χ4v) is 8.05. The highest BCUT2D eigenvalue weighted by Crippen LogP contribution is 2.60. The van der Waals surface area contributed by atoms with Crippen molar-refractivity contribution >= 4 is 72.1 Å². The highest BCUT2D eigenvalue weighted by atomic mass is 32.7. The number of nitrogens with zero attached hydrogens (tertiary/aromatic N) is 8. The highest BCUT2D eigenvalue weighted by molar-refractivity contribution is 8.44. The Bertz CT molecular complexity index is 1710. The van der Waals surface area contributed by atoms with Crippen molar-refractivity contribution in [3.63, 3.8) is 0 Å². The van der Waals surface area contributed by atoms with Gasteiger partial charge in [-0.1, -0.05) is 24.5 Å². The molecular formula is C20H22F2N10O8P2S2. The molecule has 0 saturated carbocycles. The molecular weight excluding hydrogens is 672 g/mol. The minimum absolute atomic E-state index is 0.0457. The van der Waals surface area contributed by atoms with Crippen LogP contribution in [0.5, 0.6) is 0 Å². The standard InChI is InChI=1S/C20H22F2N10O8P2S2/c21-9-7-1-35-41(33,43)39-14-10(22)8(38-20(14)32-6-30-12-16(24)26-4-28-18(12)32)2-36-42(34,44)40-13(9)19(37-7)31-5-29-11-15(23)25-3-27-17(11)31/h3-10,13-14,19-20H,1-2H2,(H,33,43)(H,34,44)(H2,23,25,27)(H2,24,26,28)/t7-,8-,9-,10-,13-,14-,19-,20+,41-,42-/m1/s1. The zero-order valence-electron chi connectivity index (χ0n) is 21.9. The Hall–Kier alpha value is -2.52. The van der Waals surface area contributed by atoms with E-state index in [9.17, 15) is 9.13 Å². The Morgan fingerprint density at radius 2 is 1.14 bits per heavy atom. The van der Waals surface area contributed by atoms with Gasteiger partial charge in [0.1, 0.15) is 48.1 Å². The second-order valence-electron chi connectivity index (χ2n) is 9.85. The summed E-state index contributed by atoms with van der Waals surface area (Å²) in [6, 6.07) is 0.